The molecule has 1 aromatic heterocycles. The second-order valence-electron chi connectivity index (χ2n) is 7.31. The number of pyridine rings is 1. The topological polar surface area (TPSA) is 54.4 Å². The van der Waals surface area contributed by atoms with E-state index < -0.39 is 0 Å². The van der Waals surface area contributed by atoms with Gasteiger partial charge in [0.25, 0.3) is 0 Å². The van der Waals surface area contributed by atoms with Crippen molar-refractivity contribution in [3.05, 3.63) is 83.8 Å². The number of aliphatic hydroxyl groups is 1. The first-order chi connectivity index (χ1) is 14.1. The molecule has 0 unspecified atom stereocenters. The summed E-state index contributed by atoms with van der Waals surface area (Å²) >= 11 is 0. The number of hydrogen-bond donors (Lipinski definition) is 2. The van der Waals surface area contributed by atoms with Crippen LogP contribution < -0.4 is 10.1 Å². The van der Waals surface area contributed by atoms with Crippen LogP contribution in [-0.4, -0.2) is 22.7 Å². The maximum atomic E-state index is 14.3. The molecule has 0 amide bonds. The van der Waals surface area contributed by atoms with E-state index in [2.05, 4.69) is 10.3 Å². The molecule has 1 heterocycles. The van der Waals surface area contributed by atoms with Gasteiger partial charge in [0.15, 0.2) is 0 Å². The Morgan fingerprint density at radius 1 is 1.00 bits per heavy atom. The smallest absolute Gasteiger partial charge is 0.146 e. The molecule has 29 heavy (non-hydrogen) atoms. The number of nitrogens with zero attached hydrogens (tertiary/aromatic N) is 1. The summed E-state index contributed by atoms with van der Waals surface area (Å²) in [5, 5.41) is 12.7. The molecule has 0 spiro atoms. The molecule has 0 aliphatic heterocycles. The molecule has 2 aromatic carbocycles. The average Bonchev–Trinajstić information content (AvgIpc) is 2.74. The number of halogens is 1. The van der Waals surface area contributed by atoms with Crippen LogP contribution in [0.4, 0.5) is 4.39 Å². The van der Waals surface area contributed by atoms with Crippen molar-refractivity contribution >= 4 is 0 Å². The van der Waals surface area contributed by atoms with Crippen LogP contribution in [0.3, 0.4) is 0 Å². The summed E-state index contributed by atoms with van der Waals surface area (Å²) < 4.78 is 20.3. The standard InChI is InChI=1S/C24H27FN2O2/c1-17(2)23(15-28)26-14-22-20(25)12-13-21(27-22)19-10-6-7-11-24(19)29-16-18-8-4-3-5-9-18/h3-13,17,23,26,28H,14-16H2,1-2H3/t23-/m0/s1. The maximum Gasteiger partial charge on any atom is 0.146 e. The van der Waals surface area contributed by atoms with Gasteiger partial charge in [0.2, 0.25) is 0 Å². The Labute approximate surface area is 171 Å². The molecule has 0 aliphatic rings. The van der Waals surface area contributed by atoms with Crippen LogP contribution in [0, 0.1) is 11.7 Å². The van der Waals surface area contributed by atoms with Gasteiger partial charge >= 0.3 is 0 Å². The molecule has 2 N–H and O–H groups in total. The minimum absolute atomic E-state index is 0.00483. The van der Waals surface area contributed by atoms with Crippen LogP contribution in [0.2, 0.25) is 0 Å². The molecule has 4 nitrogen and oxygen atoms in total. The number of hydrogen-bond acceptors (Lipinski definition) is 4. The van der Waals surface area contributed by atoms with Crippen molar-refractivity contribution in [3.8, 4) is 17.0 Å². The Morgan fingerprint density at radius 2 is 1.72 bits per heavy atom. The Kier molecular flexibility index (Phi) is 7.33. The van der Waals surface area contributed by atoms with Crippen molar-refractivity contribution in [2.45, 2.75) is 33.0 Å². The molecule has 152 valence electrons. The number of ether oxygens (including phenoxy) is 1. The van der Waals surface area contributed by atoms with E-state index in [1.807, 2.05) is 68.4 Å². The molecule has 3 aromatic rings. The number of nitrogens with one attached hydrogen (secondary N) is 1. The quantitative estimate of drug-likeness (QED) is 0.558. The molecule has 5 heteroatoms. The fraction of sp³-hybridized carbons (Fsp3) is 0.292. The van der Waals surface area contributed by atoms with Gasteiger partial charge in [-0.1, -0.05) is 56.3 Å². The Bertz CT molecular complexity index is 916. The van der Waals surface area contributed by atoms with Gasteiger partial charge in [0.1, 0.15) is 18.2 Å². The molecule has 0 aliphatic carbocycles. The van der Waals surface area contributed by atoms with Gasteiger partial charge in [-0.3, -0.25) is 0 Å². The number of para-hydroxylation sites is 1. The number of benzene rings is 2. The van der Waals surface area contributed by atoms with E-state index in [1.165, 1.54) is 6.07 Å². The van der Waals surface area contributed by atoms with Gasteiger partial charge in [-0.15, -0.1) is 0 Å². The summed E-state index contributed by atoms with van der Waals surface area (Å²) in [7, 11) is 0. The second-order valence-corrected chi connectivity index (χ2v) is 7.31. The monoisotopic (exact) mass is 394 g/mol. The van der Waals surface area contributed by atoms with Gasteiger partial charge in [0.05, 0.1) is 18.0 Å². The lowest BCUT2D eigenvalue weighted by Crippen LogP contribution is -2.36. The minimum atomic E-state index is -0.371. The van der Waals surface area contributed by atoms with Crippen molar-refractivity contribution in [2.24, 2.45) is 5.92 Å². The molecule has 0 radical (unpaired) electrons. The number of aromatic nitrogens is 1. The lowest BCUT2D eigenvalue weighted by Gasteiger charge is -2.20. The molecule has 0 fully saturated rings. The van der Waals surface area contributed by atoms with Gasteiger partial charge in [0, 0.05) is 18.2 Å². The van der Waals surface area contributed by atoms with E-state index in [-0.39, 0.29) is 30.9 Å². The predicted octanol–water partition coefficient (Wildman–Crippen LogP) is 4.57. The van der Waals surface area contributed by atoms with Crippen molar-refractivity contribution in [1.82, 2.24) is 10.3 Å². The first-order valence-electron chi connectivity index (χ1n) is 9.84. The summed E-state index contributed by atoms with van der Waals surface area (Å²) in [5.41, 5.74) is 2.85. The summed E-state index contributed by atoms with van der Waals surface area (Å²) in [6, 6.07) is 20.5. The van der Waals surface area contributed by atoms with E-state index in [9.17, 15) is 9.50 Å². The lowest BCUT2D eigenvalue weighted by molar-refractivity contribution is 0.209. The van der Waals surface area contributed by atoms with Gasteiger partial charge in [-0.25, -0.2) is 9.37 Å². The lowest BCUT2D eigenvalue weighted by atomic mass is 10.1. The average molecular weight is 394 g/mol. The summed E-state index contributed by atoms with van der Waals surface area (Å²) in [6.07, 6.45) is 0. The zero-order valence-corrected chi connectivity index (χ0v) is 16.8. The number of rotatable bonds is 9. The van der Waals surface area contributed by atoms with Crippen LogP contribution in [0.15, 0.2) is 66.7 Å². The minimum Gasteiger partial charge on any atom is -0.488 e. The van der Waals surface area contributed by atoms with Crippen molar-refractivity contribution < 1.29 is 14.2 Å². The third kappa shape index (κ3) is 5.62. The fourth-order valence-electron chi connectivity index (χ4n) is 3.04. The maximum absolute atomic E-state index is 14.3. The van der Waals surface area contributed by atoms with E-state index in [4.69, 9.17) is 4.74 Å². The molecule has 3 rings (SSSR count). The molecule has 1 atom stereocenters. The predicted molar refractivity (Wildman–Crippen MR) is 113 cm³/mol. The normalized spacial score (nSPS) is 12.2. The van der Waals surface area contributed by atoms with E-state index in [0.29, 0.717) is 23.7 Å². The zero-order chi connectivity index (χ0) is 20.6. The third-order valence-corrected chi connectivity index (χ3v) is 4.85. The highest BCUT2D eigenvalue weighted by Gasteiger charge is 2.15. The highest BCUT2D eigenvalue weighted by molar-refractivity contribution is 5.67. The van der Waals surface area contributed by atoms with Crippen LogP contribution in [0.5, 0.6) is 5.75 Å². The first-order valence-corrected chi connectivity index (χ1v) is 9.84. The fourth-order valence-corrected chi connectivity index (χ4v) is 3.04. The molecule has 0 saturated carbocycles. The van der Waals surface area contributed by atoms with Crippen LogP contribution in [0.25, 0.3) is 11.3 Å². The molecule has 0 saturated heterocycles. The second kappa shape index (κ2) is 10.1. The van der Waals surface area contributed by atoms with Gasteiger partial charge in [-0.2, -0.15) is 0 Å². The zero-order valence-electron chi connectivity index (χ0n) is 16.8. The van der Waals surface area contributed by atoms with Crippen LogP contribution in [-0.2, 0) is 13.2 Å². The van der Waals surface area contributed by atoms with Crippen molar-refractivity contribution in [3.63, 3.8) is 0 Å². The Balaban J connectivity index is 1.80. The molecular weight excluding hydrogens is 367 g/mol. The van der Waals surface area contributed by atoms with Gasteiger partial charge in [-0.05, 0) is 35.7 Å². The van der Waals surface area contributed by atoms with Gasteiger partial charge < -0.3 is 15.2 Å². The first kappa shape index (κ1) is 21.0. The molecule has 0 bridgehead atoms. The van der Waals surface area contributed by atoms with E-state index in [1.54, 1.807) is 6.07 Å². The largest absolute Gasteiger partial charge is 0.488 e. The van der Waals surface area contributed by atoms with E-state index >= 15 is 0 Å². The highest BCUT2D eigenvalue weighted by atomic mass is 19.1. The van der Waals surface area contributed by atoms with Crippen molar-refractivity contribution in [2.75, 3.05) is 6.61 Å². The Morgan fingerprint density at radius 3 is 2.45 bits per heavy atom. The third-order valence-electron chi connectivity index (χ3n) is 4.85. The summed E-state index contributed by atoms with van der Waals surface area (Å²) in [4.78, 5) is 4.52. The summed E-state index contributed by atoms with van der Waals surface area (Å²) in [6.45, 7) is 4.70. The van der Waals surface area contributed by atoms with Crippen LogP contribution >= 0.6 is 0 Å². The highest BCUT2D eigenvalue weighted by Crippen LogP contribution is 2.29. The van der Waals surface area contributed by atoms with Crippen molar-refractivity contribution in [1.29, 1.82) is 0 Å². The SMILES string of the molecule is CC(C)[C@H](CO)NCc1nc(-c2ccccc2OCc2ccccc2)ccc1F. The summed E-state index contributed by atoms with van der Waals surface area (Å²) in [5.74, 6) is 0.563. The molecular formula is C24H27FN2O2. The Hall–Kier alpha value is -2.76. The van der Waals surface area contributed by atoms with Crippen LogP contribution in [0.1, 0.15) is 25.1 Å². The number of aliphatic hydroxyl groups excluding tert-OH is 1. The van der Waals surface area contributed by atoms with E-state index in [0.717, 1.165) is 11.1 Å².